The lowest BCUT2D eigenvalue weighted by atomic mass is 10.1. The topological polar surface area (TPSA) is 72.7 Å². The van der Waals surface area contributed by atoms with Gasteiger partial charge in [-0.15, -0.1) is 0 Å². The molecule has 0 amide bonds. The van der Waals surface area contributed by atoms with Crippen LogP contribution in [0, 0.1) is 0 Å². The molecule has 4 aromatic rings. The van der Waals surface area contributed by atoms with Crippen molar-refractivity contribution < 1.29 is 10.2 Å². The number of phenols is 2. The van der Waals surface area contributed by atoms with Crippen LogP contribution in [0.1, 0.15) is 35.4 Å². The van der Waals surface area contributed by atoms with Gasteiger partial charge in [0.1, 0.15) is 11.5 Å². The number of benzene rings is 2. The number of para-hydroxylation sites is 2. The molecule has 0 fully saturated rings. The lowest BCUT2D eigenvalue weighted by Gasteiger charge is -2.25. The van der Waals surface area contributed by atoms with Crippen LogP contribution in [0.2, 0.25) is 0 Å². The first kappa shape index (κ1) is 25.4. The van der Waals surface area contributed by atoms with Crippen LogP contribution in [-0.4, -0.2) is 43.1 Å². The van der Waals surface area contributed by atoms with Crippen LogP contribution in [0.4, 0.5) is 0 Å². The Bertz CT molecular complexity index is 1090. The fourth-order valence-electron chi connectivity index (χ4n) is 4.31. The molecule has 36 heavy (non-hydrogen) atoms. The first-order valence-electron chi connectivity index (χ1n) is 12.5. The van der Waals surface area contributed by atoms with Gasteiger partial charge in [0.15, 0.2) is 0 Å². The summed E-state index contributed by atoms with van der Waals surface area (Å²) in [6, 6.07) is 27.0. The van der Waals surface area contributed by atoms with E-state index in [2.05, 4.69) is 19.8 Å². The number of hydrogen-bond donors (Lipinski definition) is 2. The minimum atomic E-state index is 0.327. The summed E-state index contributed by atoms with van der Waals surface area (Å²) in [6.45, 7) is 4.56. The number of aromatic hydroxyl groups is 2. The number of hydrogen-bond acceptors (Lipinski definition) is 6. The van der Waals surface area contributed by atoms with E-state index in [1.807, 2.05) is 85.2 Å². The van der Waals surface area contributed by atoms with Crippen molar-refractivity contribution in [3.63, 3.8) is 0 Å². The van der Waals surface area contributed by atoms with E-state index in [1.54, 1.807) is 12.1 Å². The zero-order chi connectivity index (χ0) is 25.0. The van der Waals surface area contributed by atoms with Gasteiger partial charge in [-0.3, -0.25) is 19.8 Å². The lowest BCUT2D eigenvalue weighted by Crippen LogP contribution is -2.27. The number of rotatable bonds is 13. The van der Waals surface area contributed by atoms with Gasteiger partial charge >= 0.3 is 0 Å². The maximum atomic E-state index is 10.3. The highest BCUT2D eigenvalue weighted by molar-refractivity contribution is 5.32. The van der Waals surface area contributed by atoms with Crippen molar-refractivity contribution in [3.8, 4) is 11.5 Å². The van der Waals surface area contributed by atoms with Crippen LogP contribution in [0.25, 0.3) is 0 Å². The predicted molar refractivity (Wildman–Crippen MR) is 142 cm³/mol. The molecule has 0 radical (unpaired) electrons. The van der Waals surface area contributed by atoms with Gasteiger partial charge in [0.25, 0.3) is 0 Å². The molecular formula is C30H34N4O2. The molecule has 2 N–H and O–H groups in total. The average molecular weight is 483 g/mol. The second-order valence-electron chi connectivity index (χ2n) is 9.03. The number of unbranched alkanes of at least 4 members (excludes halogenated alkanes) is 1. The Morgan fingerprint density at radius 1 is 0.500 bits per heavy atom. The largest absolute Gasteiger partial charge is 0.508 e. The van der Waals surface area contributed by atoms with E-state index >= 15 is 0 Å². The highest BCUT2D eigenvalue weighted by atomic mass is 16.3. The standard InChI is InChI=1S/C30H34N4O2/c35-29-15-3-1-11-25(29)21-33(23-27-13-5-7-17-31-27)19-9-10-20-34(24-28-14-6-8-18-32-28)22-26-12-2-4-16-30(26)36/h1-8,11-18,35-36H,9-10,19-24H2. The summed E-state index contributed by atoms with van der Waals surface area (Å²) in [5.74, 6) is 0.653. The zero-order valence-electron chi connectivity index (χ0n) is 20.6. The molecule has 0 unspecified atom stereocenters. The fraction of sp³-hybridized carbons (Fsp3) is 0.267. The minimum absolute atomic E-state index is 0.327. The van der Waals surface area contributed by atoms with Gasteiger partial charge in [-0.2, -0.15) is 0 Å². The molecule has 0 aliphatic carbocycles. The third kappa shape index (κ3) is 7.90. The second-order valence-corrected chi connectivity index (χ2v) is 9.03. The van der Waals surface area contributed by atoms with E-state index in [0.29, 0.717) is 24.6 Å². The molecule has 6 nitrogen and oxygen atoms in total. The fourth-order valence-corrected chi connectivity index (χ4v) is 4.31. The Balaban J connectivity index is 1.38. The Morgan fingerprint density at radius 3 is 1.31 bits per heavy atom. The Kier molecular flexibility index (Phi) is 9.42. The van der Waals surface area contributed by atoms with Gasteiger partial charge in [-0.05, 0) is 62.3 Å². The van der Waals surface area contributed by atoms with Gasteiger partial charge in [0.05, 0.1) is 11.4 Å². The molecule has 0 atom stereocenters. The van der Waals surface area contributed by atoms with Crippen LogP contribution in [0.3, 0.4) is 0 Å². The average Bonchev–Trinajstić information content (AvgIpc) is 2.90. The van der Waals surface area contributed by atoms with E-state index in [0.717, 1.165) is 61.5 Å². The Labute approximate surface area is 213 Å². The Hall–Kier alpha value is -3.74. The maximum Gasteiger partial charge on any atom is 0.120 e. The van der Waals surface area contributed by atoms with Crippen LogP contribution >= 0.6 is 0 Å². The van der Waals surface area contributed by atoms with E-state index in [9.17, 15) is 10.2 Å². The Morgan fingerprint density at radius 2 is 0.917 bits per heavy atom. The molecule has 0 saturated carbocycles. The molecule has 0 bridgehead atoms. The second kappa shape index (κ2) is 13.4. The normalized spacial score (nSPS) is 11.3. The van der Waals surface area contributed by atoms with Gasteiger partial charge < -0.3 is 10.2 Å². The molecule has 0 spiro atoms. The third-order valence-electron chi connectivity index (χ3n) is 6.19. The molecular weight excluding hydrogens is 448 g/mol. The summed E-state index contributed by atoms with van der Waals surface area (Å²) in [5, 5.41) is 20.6. The first-order valence-corrected chi connectivity index (χ1v) is 12.5. The van der Waals surface area contributed by atoms with Crippen molar-refractivity contribution in [3.05, 3.63) is 120 Å². The smallest absolute Gasteiger partial charge is 0.120 e. The SMILES string of the molecule is Oc1ccccc1CN(CCCCN(Cc1ccccn1)Cc1ccccc1O)Cc1ccccn1. The summed E-state index contributed by atoms with van der Waals surface area (Å²) < 4.78 is 0. The van der Waals surface area contributed by atoms with E-state index in [1.165, 1.54) is 0 Å². The molecule has 0 saturated heterocycles. The monoisotopic (exact) mass is 482 g/mol. The van der Waals surface area contributed by atoms with Crippen LogP contribution in [0.5, 0.6) is 11.5 Å². The number of aromatic nitrogens is 2. The highest BCUT2D eigenvalue weighted by Crippen LogP contribution is 2.21. The van der Waals surface area contributed by atoms with E-state index in [-0.39, 0.29) is 0 Å². The molecule has 0 aliphatic heterocycles. The molecule has 4 rings (SSSR count). The molecule has 2 aromatic carbocycles. The summed E-state index contributed by atoms with van der Waals surface area (Å²) in [4.78, 5) is 13.7. The number of phenolic OH excluding ortho intramolecular Hbond substituents is 2. The van der Waals surface area contributed by atoms with Crippen molar-refractivity contribution >= 4 is 0 Å². The first-order chi connectivity index (χ1) is 17.7. The summed E-state index contributed by atoms with van der Waals surface area (Å²) in [7, 11) is 0. The maximum absolute atomic E-state index is 10.3. The molecule has 6 heteroatoms. The van der Waals surface area contributed by atoms with Gasteiger partial charge in [0.2, 0.25) is 0 Å². The van der Waals surface area contributed by atoms with Gasteiger partial charge in [-0.1, -0.05) is 48.5 Å². The van der Waals surface area contributed by atoms with Gasteiger partial charge in [-0.25, -0.2) is 0 Å². The van der Waals surface area contributed by atoms with Crippen molar-refractivity contribution in [1.82, 2.24) is 19.8 Å². The number of pyridine rings is 2. The predicted octanol–water partition coefficient (Wildman–Crippen LogP) is 5.37. The van der Waals surface area contributed by atoms with Crippen LogP contribution in [-0.2, 0) is 26.2 Å². The van der Waals surface area contributed by atoms with E-state index in [4.69, 9.17) is 0 Å². The molecule has 2 heterocycles. The molecule has 186 valence electrons. The van der Waals surface area contributed by atoms with Crippen molar-refractivity contribution in [2.24, 2.45) is 0 Å². The molecule has 2 aromatic heterocycles. The van der Waals surface area contributed by atoms with Crippen molar-refractivity contribution in [2.45, 2.75) is 39.0 Å². The highest BCUT2D eigenvalue weighted by Gasteiger charge is 2.13. The minimum Gasteiger partial charge on any atom is -0.508 e. The van der Waals surface area contributed by atoms with Crippen molar-refractivity contribution in [1.29, 1.82) is 0 Å². The van der Waals surface area contributed by atoms with Gasteiger partial charge in [0, 0.05) is 49.7 Å². The molecule has 0 aliphatic rings. The van der Waals surface area contributed by atoms with Crippen molar-refractivity contribution in [2.75, 3.05) is 13.1 Å². The zero-order valence-corrected chi connectivity index (χ0v) is 20.6. The summed E-state index contributed by atoms with van der Waals surface area (Å²) >= 11 is 0. The lowest BCUT2D eigenvalue weighted by molar-refractivity contribution is 0.218. The number of nitrogens with zero attached hydrogens (tertiary/aromatic N) is 4. The quantitative estimate of drug-likeness (QED) is 0.250. The van der Waals surface area contributed by atoms with Crippen LogP contribution in [0.15, 0.2) is 97.3 Å². The van der Waals surface area contributed by atoms with Crippen LogP contribution < -0.4 is 0 Å². The summed E-state index contributed by atoms with van der Waals surface area (Å²) in [6.07, 6.45) is 5.64. The van der Waals surface area contributed by atoms with E-state index < -0.39 is 0 Å². The third-order valence-corrected chi connectivity index (χ3v) is 6.19. The summed E-state index contributed by atoms with van der Waals surface area (Å²) in [5.41, 5.74) is 3.88.